The summed E-state index contributed by atoms with van der Waals surface area (Å²) in [5.41, 5.74) is 0.851. The van der Waals surface area contributed by atoms with Crippen molar-refractivity contribution >= 4 is 0 Å². The van der Waals surface area contributed by atoms with Gasteiger partial charge in [0, 0.05) is 0 Å². The number of fused-ring (bicyclic) bond motifs is 1. The highest BCUT2D eigenvalue weighted by Gasteiger charge is 2.32. The summed E-state index contributed by atoms with van der Waals surface area (Å²) in [4.78, 5) is 0. The Bertz CT molecular complexity index is 409. The van der Waals surface area contributed by atoms with Crippen molar-refractivity contribution in [2.24, 2.45) is 0 Å². The van der Waals surface area contributed by atoms with Crippen molar-refractivity contribution in [2.45, 2.75) is 18.7 Å². The number of ether oxygens (including phenoxy) is 1. The predicted molar refractivity (Wildman–Crippen MR) is 54.0 cm³/mol. The van der Waals surface area contributed by atoms with Gasteiger partial charge in [-0.3, -0.25) is 0 Å². The van der Waals surface area contributed by atoms with Crippen LogP contribution in [-0.4, -0.2) is 6.61 Å². The fraction of sp³-hybridized carbons (Fsp3) is 0.333. The standard InChI is InChI=1S/C12H11F3O/c1-2-11-10-7-9(12(13,14)15)4-3-8(10)5-6-16-11/h2-4,7,11H,1,5-6H2/t11-/m0/s1. The molecule has 1 aliphatic rings. The molecule has 16 heavy (non-hydrogen) atoms. The third-order valence-electron chi connectivity index (χ3n) is 2.66. The highest BCUT2D eigenvalue weighted by molar-refractivity contribution is 5.37. The molecule has 4 heteroatoms. The predicted octanol–water partition coefficient (Wildman–Crippen LogP) is 3.51. The number of benzene rings is 1. The van der Waals surface area contributed by atoms with Gasteiger partial charge in [-0.2, -0.15) is 13.2 Å². The topological polar surface area (TPSA) is 9.23 Å². The molecule has 2 rings (SSSR count). The average Bonchev–Trinajstić information content (AvgIpc) is 2.26. The first-order valence-electron chi connectivity index (χ1n) is 4.96. The number of hydrogen-bond donors (Lipinski definition) is 0. The molecule has 1 aromatic rings. The van der Waals surface area contributed by atoms with Crippen LogP contribution in [-0.2, 0) is 17.3 Å². The highest BCUT2D eigenvalue weighted by Crippen LogP contribution is 2.35. The van der Waals surface area contributed by atoms with Gasteiger partial charge in [-0.15, -0.1) is 6.58 Å². The van der Waals surface area contributed by atoms with Gasteiger partial charge in [-0.1, -0.05) is 12.1 Å². The normalized spacial score (nSPS) is 20.3. The van der Waals surface area contributed by atoms with Crippen LogP contribution in [0.1, 0.15) is 22.8 Å². The Kier molecular flexibility index (Phi) is 2.76. The molecule has 0 unspecified atom stereocenters. The summed E-state index contributed by atoms with van der Waals surface area (Å²) in [7, 11) is 0. The molecule has 0 amide bonds. The van der Waals surface area contributed by atoms with Gasteiger partial charge in [-0.25, -0.2) is 0 Å². The Labute approximate surface area is 91.5 Å². The second kappa shape index (κ2) is 3.94. The van der Waals surface area contributed by atoms with Crippen molar-refractivity contribution in [1.29, 1.82) is 0 Å². The lowest BCUT2D eigenvalue weighted by atomic mass is 9.95. The van der Waals surface area contributed by atoms with Crippen molar-refractivity contribution in [3.05, 3.63) is 47.5 Å². The number of rotatable bonds is 1. The van der Waals surface area contributed by atoms with Gasteiger partial charge >= 0.3 is 6.18 Å². The molecule has 0 fully saturated rings. The van der Waals surface area contributed by atoms with Crippen molar-refractivity contribution < 1.29 is 17.9 Å². The van der Waals surface area contributed by atoms with Crippen molar-refractivity contribution in [3.8, 4) is 0 Å². The van der Waals surface area contributed by atoms with Gasteiger partial charge in [0.1, 0.15) is 6.10 Å². The van der Waals surface area contributed by atoms with Crippen LogP contribution < -0.4 is 0 Å². The molecule has 1 aliphatic heterocycles. The Hall–Kier alpha value is -1.29. The molecule has 1 heterocycles. The molecule has 0 saturated heterocycles. The summed E-state index contributed by atoms with van der Waals surface area (Å²) >= 11 is 0. The third kappa shape index (κ3) is 1.97. The van der Waals surface area contributed by atoms with Gasteiger partial charge in [0.15, 0.2) is 0 Å². The van der Waals surface area contributed by atoms with E-state index in [1.54, 1.807) is 0 Å². The summed E-state index contributed by atoms with van der Waals surface area (Å²) in [6.07, 6.45) is -2.56. The first kappa shape index (κ1) is 11.2. The smallest absolute Gasteiger partial charge is 0.369 e. The molecule has 1 nitrogen and oxygen atoms in total. The molecule has 0 N–H and O–H groups in total. The SMILES string of the molecule is C=C[C@@H]1OCCc2ccc(C(F)(F)F)cc21. The first-order chi connectivity index (χ1) is 7.52. The second-order valence-electron chi connectivity index (χ2n) is 3.69. The Morgan fingerprint density at radius 3 is 2.75 bits per heavy atom. The van der Waals surface area contributed by atoms with E-state index in [1.807, 2.05) is 0 Å². The molecule has 0 spiro atoms. The summed E-state index contributed by atoms with van der Waals surface area (Å²) in [5.74, 6) is 0. The Morgan fingerprint density at radius 2 is 2.12 bits per heavy atom. The molecular formula is C12H11F3O. The maximum absolute atomic E-state index is 12.5. The summed E-state index contributed by atoms with van der Waals surface area (Å²) < 4.78 is 42.9. The highest BCUT2D eigenvalue weighted by atomic mass is 19.4. The van der Waals surface area contributed by atoms with Crippen LogP contribution in [0.3, 0.4) is 0 Å². The van der Waals surface area contributed by atoms with Crippen molar-refractivity contribution in [2.75, 3.05) is 6.61 Å². The van der Waals surface area contributed by atoms with E-state index in [2.05, 4.69) is 6.58 Å². The van der Waals surface area contributed by atoms with E-state index in [4.69, 9.17) is 4.74 Å². The molecule has 0 saturated carbocycles. The van der Waals surface area contributed by atoms with Gasteiger partial charge in [0.05, 0.1) is 12.2 Å². The van der Waals surface area contributed by atoms with E-state index in [0.29, 0.717) is 18.6 Å². The molecule has 0 bridgehead atoms. The Balaban J connectivity index is 2.46. The summed E-state index contributed by atoms with van der Waals surface area (Å²) in [6.45, 7) is 4.09. The van der Waals surface area contributed by atoms with Crippen LogP contribution in [0.2, 0.25) is 0 Å². The minimum Gasteiger partial charge on any atom is -0.369 e. The maximum Gasteiger partial charge on any atom is 0.416 e. The quantitative estimate of drug-likeness (QED) is 0.668. The van der Waals surface area contributed by atoms with Crippen LogP contribution in [0.15, 0.2) is 30.9 Å². The number of halogens is 3. The monoisotopic (exact) mass is 228 g/mol. The van der Waals surface area contributed by atoms with Crippen LogP contribution >= 0.6 is 0 Å². The average molecular weight is 228 g/mol. The van der Waals surface area contributed by atoms with E-state index in [1.165, 1.54) is 12.1 Å². The van der Waals surface area contributed by atoms with Gasteiger partial charge in [0.25, 0.3) is 0 Å². The molecular weight excluding hydrogens is 217 g/mol. The van der Waals surface area contributed by atoms with Crippen LogP contribution in [0.5, 0.6) is 0 Å². The number of alkyl halides is 3. The zero-order valence-corrected chi connectivity index (χ0v) is 8.55. The fourth-order valence-corrected chi connectivity index (χ4v) is 1.84. The zero-order chi connectivity index (χ0) is 11.8. The largest absolute Gasteiger partial charge is 0.416 e. The van der Waals surface area contributed by atoms with Crippen molar-refractivity contribution in [3.63, 3.8) is 0 Å². The molecule has 86 valence electrons. The van der Waals surface area contributed by atoms with E-state index < -0.39 is 17.8 Å². The number of hydrogen-bond acceptors (Lipinski definition) is 1. The molecule has 0 aromatic heterocycles. The van der Waals surface area contributed by atoms with Crippen LogP contribution in [0, 0.1) is 0 Å². The minimum atomic E-state index is -4.31. The zero-order valence-electron chi connectivity index (χ0n) is 8.55. The van der Waals surface area contributed by atoms with Gasteiger partial charge < -0.3 is 4.74 Å². The van der Waals surface area contributed by atoms with E-state index in [0.717, 1.165) is 17.7 Å². The second-order valence-corrected chi connectivity index (χ2v) is 3.69. The van der Waals surface area contributed by atoms with Crippen LogP contribution in [0.25, 0.3) is 0 Å². The lowest BCUT2D eigenvalue weighted by Gasteiger charge is -2.24. The van der Waals surface area contributed by atoms with Gasteiger partial charge in [-0.05, 0) is 29.7 Å². The van der Waals surface area contributed by atoms with Crippen molar-refractivity contribution in [1.82, 2.24) is 0 Å². The lowest BCUT2D eigenvalue weighted by Crippen LogP contribution is -2.16. The molecule has 1 atom stereocenters. The summed E-state index contributed by atoms with van der Waals surface area (Å²) in [5, 5.41) is 0. The van der Waals surface area contributed by atoms with E-state index in [9.17, 15) is 13.2 Å². The third-order valence-corrected chi connectivity index (χ3v) is 2.66. The van der Waals surface area contributed by atoms with Crippen LogP contribution in [0.4, 0.5) is 13.2 Å². The molecule has 0 radical (unpaired) electrons. The fourth-order valence-electron chi connectivity index (χ4n) is 1.84. The van der Waals surface area contributed by atoms with E-state index >= 15 is 0 Å². The Morgan fingerprint density at radius 1 is 1.38 bits per heavy atom. The maximum atomic E-state index is 12.5. The minimum absolute atomic E-state index is 0.425. The molecule has 0 aliphatic carbocycles. The van der Waals surface area contributed by atoms with Gasteiger partial charge in [0.2, 0.25) is 0 Å². The lowest BCUT2D eigenvalue weighted by molar-refractivity contribution is -0.137. The molecule has 1 aromatic carbocycles. The van der Waals surface area contributed by atoms with E-state index in [-0.39, 0.29) is 0 Å². The summed E-state index contributed by atoms with van der Waals surface area (Å²) in [6, 6.07) is 3.79. The first-order valence-corrected chi connectivity index (χ1v) is 4.96.